The molecule has 3 nitrogen and oxygen atoms in total. The molecule has 0 aromatic rings. The Labute approximate surface area is 108 Å². The third-order valence-corrected chi connectivity index (χ3v) is 4.46. The van der Waals surface area contributed by atoms with Crippen LogP contribution in [0.25, 0.3) is 0 Å². The van der Waals surface area contributed by atoms with Crippen LogP contribution in [0.2, 0.25) is 0 Å². The minimum atomic E-state index is -0.981. The molecule has 0 saturated carbocycles. The first-order valence-corrected chi connectivity index (χ1v) is 6.36. The number of hydrogen-bond acceptors (Lipinski definition) is 2. The predicted octanol–water partition coefficient (Wildman–Crippen LogP) is 2.68. The minimum absolute atomic E-state index is 0.168. The maximum atomic E-state index is 11.0. The second kappa shape index (κ2) is 4.39. The molecule has 3 atom stereocenters. The first-order valence-electron chi connectivity index (χ1n) is 6.36. The molecule has 3 heteroatoms. The Morgan fingerprint density at radius 3 is 2.83 bits per heavy atom. The molecular formula is C15H20O3. The summed E-state index contributed by atoms with van der Waals surface area (Å²) in [6, 6.07) is 0. The lowest BCUT2D eigenvalue weighted by atomic mass is 9.62. The fraction of sp³-hybridized carbons (Fsp3) is 0.533. The van der Waals surface area contributed by atoms with Crippen LogP contribution in [0.15, 0.2) is 35.5 Å². The molecule has 0 unspecified atom stereocenters. The zero-order chi connectivity index (χ0) is 13.5. The van der Waals surface area contributed by atoms with Gasteiger partial charge in [-0.1, -0.05) is 31.2 Å². The Kier molecular flexibility index (Phi) is 3.20. The van der Waals surface area contributed by atoms with E-state index in [2.05, 4.69) is 19.6 Å². The van der Waals surface area contributed by atoms with Crippen molar-refractivity contribution < 1.29 is 15.0 Å². The van der Waals surface area contributed by atoms with Crippen LogP contribution in [0.4, 0.5) is 0 Å². The summed E-state index contributed by atoms with van der Waals surface area (Å²) in [5.41, 5.74) is 2.20. The van der Waals surface area contributed by atoms with Crippen LogP contribution in [0.5, 0.6) is 0 Å². The molecule has 18 heavy (non-hydrogen) atoms. The zero-order valence-electron chi connectivity index (χ0n) is 10.9. The third-order valence-electron chi connectivity index (χ3n) is 4.46. The molecule has 0 aromatic heterocycles. The predicted molar refractivity (Wildman–Crippen MR) is 70.1 cm³/mol. The summed E-state index contributed by atoms with van der Waals surface area (Å²) in [4.78, 5) is 11.0. The SMILES string of the molecule is C=C(C(=O)O)[C@H]1C=C2C(C)=CCC[C@]2(C)[C@@H](O)C1. The van der Waals surface area contributed by atoms with Gasteiger partial charge in [-0.2, -0.15) is 0 Å². The van der Waals surface area contributed by atoms with Crippen molar-refractivity contribution in [2.24, 2.45) is 11.3 Å². The summed E-state index contributed by atoms with van der Waals surface area (Å²) >= 11 is 0. The highest BCUT2D eigenvalue weighted by Gasteiger charge is 2.43. The van der Waals surface area contributed by atoms with Crippen LogP contribution in [-0.4, -0.2) is 22.3 Å². The van der Waals surface area contributed by atoms with Crippen LogP contribution in [-0.2, 0) is 4.79 Å². The van der Waals surface area contributed by atoms with Crippen LogP contribution >= 0.6 is 0 Å². The highest BCUT2D eigenvalue weighted by atomic mass is 16.4. The molecule has 0 spiro atoms. The van der Waals surface area contributed by atoms with E-state index in [-0.39, 0.29) is 16.9 Å². The molecule has 0 heterocycles. The van der Waals surface area contributed by atoms with Crippen LogP contribution in [0.1, 0.15) is 33.1 Å². The number of carbonyl (C=O) groups is 1. The van der Waals surface area contributed by atoms with Crippen LogP contribution in [0.3, 0.4) is 0 Å². The molecule has 0 bridgehead atoms. The molecular weight excluding hydrogens is 228 g/mol. The topological polar surface area (TPSA) is 57.5 Å². The smallest absolute Gasteiger partial charge is 0.331 e. The zero-order valence-corrected chi connectivity index (χ0v) is 10.9. The number of aliphatic carboxylic acids is 1. The normalized spacial score (nSPS) is 35.3. The Morgan fingerprint density at radius 2 is 2.22 bits per heavy atom. The highest BCUT2D eigenvalue weighted by Crippen LogP contribution is 2.49. The van der Waals surface area contributed by atoms with Gasteiger partial charge in [0.15, 0.2) is 0 Å². The van der Waals surface area contributed by atoms with Gasteiger partial charge >= 0.3 is 5.97 Å². The van der Waals surface area contributed by atoms with Gasteiger partial charge in [-0.05, 0) is 31.8 Å². The van der Waals surface area contributed by atoms with Crippen molar-refractivity contribution in [1.29, 1.82) is 0 Å². The molecule has 0 aromatic carbocycles. The van der Waals surface area contributed by atoms with Crippen molar-refractivity contribution in [1.82, 2.24) is 0 Å². The van der Waals surface area contributed by atoms with Crippen molar-refractivity contribution in [2.75, 3.05) is 0 Å². The second-order valence-corrected chi connectivity index (χ2v) is 5.61. The number of allylic oxidation sites excluding steroid dienone is 3. The quantitative estimate of drug-likeness (QED) is 0.739. The fourth-order valence-corrected chi connectivity index (χ4v) is 3.12. The Bertz CT molecular complexity index is 458. The van der Waals surface area contributed by atoms with E-state index in [1.165, 1.54) is 0 Å². The molecule has 2 N–H and O–H groups in total. The average Bonchev–Trinajstić information content (AvgIpc) is 2.30. The molecule has 0 aliphatic heterocycles. The molecule has 2 aliphatic carbocycles. The van der Waals surface area contributed by atoms with Crippen molar-refractivity contribution in [2.45, 2.75) is 39.2 Å². The van der Waals surface area contributed by atoms with E-state index >= 15 is 0 Å². The number of aliphatic hydroxyl groups excluding tert-OH is 1. The van der Waals surface area contributed by atoms with E-state index < -0.39 is 12.1 Å². The summed E-state index contributed by atoms with van der Waals surface area (Å²) in [6.07, 6.45) is 6.01. The first kappa shape index (κ1) is 13.1. The molecule has 2 rings (SSSR count). The number of aliphatic hydroxyl groups is 1. The molecule has 98 valence electrons. The van der Waals surface area contributed by atoms with Gasteiger partial charge in [0.25, 0.3) is 0 Å². The Morgan fingerprint density at radius 1 is 1.56 bits per heavy atom. The second-order valence-electron chi connectivity index (χ2n) is 5.61. The third kappa shape index (κ3) is 1.93. The maximum absolute atomic E-state index is 11.0. The minimum Gasteiger partial charge on any atom is -0.478 e. The van der Waals surface area contributed by atoms with Crippen molar-refractivity contribution in [3.8, 4) is 0 Å². The lowest BCUT2D eigenvalue weighted by Crippen LogP contribution is -2.41. The first-order chi connectivity index (χ1) is 8.36. The number of carboxylic acids is 1. The molecule has 0 saturated heterocycles. The van der Waals surface area contributed by atoms with Gasteiger partial charge in [0.2, 0.25) is 0 Å². The number of hydrogen-bond donors (Lipinski definition) is 2. The van der Waals surface area contributed by atoms with E-state index in [0.717, 1.165) is 24.0 Å². The van der Waals surface area contributed by atoms with Gasteiger partial charge in [0, 0.05) is 16.9 Å². The lowest BCUT2D eigenvalue weighted by Gasteiger charge is -2.45. The summed E-state index contributed by atoms with van der Waals surface area (Å²) in [7, 11) is 0. The van der Waals surface area contributed by atoms with Gasteiger partial charge in [-0.3, -0.25) is 0 Å². The van der Waals surface area contributed by atoms with E-state index in [1.807, 2.05) is 13.0 Å². The van der Waals surface area contributed by atoms with Crippen molar-refractivity contribution >= 4 is 5.97 Å². The van der Waals surface area contributed by atoms with Gasteiger partial charge in [0.05, 0.1) is 6.10 Å². The summed E-state index contributed by atoms with van der Waals surface area (Å²) < 4.78 is 0. The molecule has 0 radical (unpaired) electrons. The fourth-order valence-electron chi connectivity index (χ4n) is 3.12. The molecule has 0 fully saturated rings. The van der Waals surface area contributed by atoms with E-state index in [1.54, 1.807) is 0 Å². The maximum Gasteiger partial charge on any atom is 0.331 e. The van der Waals surface area contributed by atoms with Crippen molar-refractivity contribution in [3.63, 3.8) is 0 Å². The molecule has 2 aliphatic rings. The monoisotopic (exact) mass is 248 g/mol. The summed E-state index contributed by atoms with van der Waals surface area (Å²) in [6.45, 7) is 7.72. The number of carboxylic acid groups (broad SMARTS) is 1. The summed E-state index contributed by atoms with van der Waals surface area (Å²) in [5.74, 6) is -1.24. The number of fused-ring (bicyclic) bond motifs is 1. The van der Waals surface area contributed by atoms with Gasteiger partial charge in [0.1, 0.15) is 0 Å². The lowest BCUT2D eigenvalue weighted by molar-refractivity contribution is -0.133. The van der Waals surface area contributed by atoms with E-state index in [4.69, 9.17) is 5.11 Å². The van der Waals surface area contributed by atoms with Gasteiger partial charge in [-0.15, -0.1) is 0 Å². The Hall–Kier alpha value is -1.35. The van der Waals surface area contributed by atoms with Crippen LogP contribution in [0, 0.1) is 11.3 Å². The van der Waals surface area contributed by atoms with Gasteiger partial charge < -0.3 is 10.2 Å². The highest BCUT2D eigenvalue weighted by molar-refractivity contribution is 5.87. The van der Waals surface area contributed by atoms with E-state index in [0.29, 0.717) is 6.42 Å². The number of rotatable bonds is 2. The van der Waals surface area contributed by atoms with Gasteiger partial charge in [-0.25, -0.2) is 4.79 Å². The van der Waals surface area contributed by atoms with Crippen LogP contribution < -0.4 is 0 Å². The average molecular weight is 248 g/mol. The largest absolute Gasteiger partial charge is 0.478 e. The Balaban J connectivity index is 2.42. The standard InChI is InChI=1S/C15H20O3/c1-9-5-4-6-15(3)12(9)7-11(8-13(15)16)10(2)14(17)18/h5,7,11,13,16H,2,4,6,8H2,1,3H3,(H,17,18)/t11-,13-,15-/m0/s1. The van der Waals surface area contributed by atoms with E-state index in [9.17, 15) is 9.90 Å². The van der Waals surface area contributed by atoms with Crippen molar-refractivity contribution in [3.05, 3.63) is 35.5 Å². The molecule has 0 amide bonds. The summed E-state index contributed by atoms with van der Waals surface area (Å²) in [5, 5.41) is 19.4.